The smallest absolute Gasteiger partial charge is 0.254 e. The van der Waals surface area contributed by atoms with Gasteiger partial charge in [-0.3, -0.25) is 4.79 Å². The standard InChI is InChI=1S/C17H25ClN2O3.ClH/c1-20(16(21)17(22-2)8-10-19-11-9-17)12-3-13-23-15-6-4-14(18)5-7-15;/h4-7,19H,3,8-13H2,1-2H3;1H. The zero-order valence-corrected chi connectivity index (χ0v) is 15.8. The van der Waals surface area contributed by atoms with Crippen LogP contribution in [0.25, 0.3) is 0 Å². The van der Waals surface area contributed by atoms with E-state index in [0.29, 0.717) is 31.0 Å². The van der Waals surface area contributed by atoms with Gasteiger partial charge in [-0.15, -0.1) is 12.4 Å². The summed E-state index contributed by atoms with van der Waals surface area (Å²) in [5.41, 5.74) is -0.670. The molecule has 0 saturated carbocycles. The van der Waals surface area contributed by atoms with E-state index in [9.17, 15) is 4.79 Å². The summed E-state index contributed by atoms with van der Waals surface area (Å²) in [7, 11) is 3.45. The van der Waals surface area contributed by atoms with Crippen LogP contribution in [0.15, 0.2) is 24.3 Å². The largest absolute Gasteiger partial charge is 0.494 e. The monoisotopic (exact) mass is 376 g/mol. The number of benzene rings is 1. The average Bonchev–Trinajstić information content (AvgIpc) is 2.60. The van der Waals surface area contributed by atoms with Gasteiger partial charge in [-0.05, 0) is 56.6 Å². The molecule has 1 aromatic carbocycles. The highest BCUT2D eigenvalue weighted by molar-refractivity contribution is 6.30. The van der Waals surface area contributed by atoms with E-state index in [1.807, 2.05) is 19.2 Å². The van der Waals surface area contributed by atoms with Crippen molar-refractivity contribution in [2.75, 3.05) is 40.4 Å². The number of carbonyl (C=O) groups is 1. The fourth-order valence-electron chi connectivity index (χ4n) is 2.81. The molecule has 0 atom stereocenters. The molecule has 1 amide bonds. The summed E-state index contributed by atoms with van der Waals surface area (Å²) < 4.78 is 11.2. The minimum Gasteiger partial charge on any atom is -0.494 e. The molecule has 0 spiro atoms. The van der Waals surface area contributed by atoms with E-state index in [2.05, 4.69) is 5.32 Å². The molecule has 5 nitrogen and oxygen atoms in total. The number of nitrogens with one attached hydrogen (secondary N) is 1. The van der Waals surface area contributed by atoms with Crippen molar-refractivity contribution in [3.8, 4) is 5.75 Å². The zero-order chi connectivity index (χ0) is 16.7. The maximum absolute atomic E-state index is 12.7. The second-order valence-corrected chi connectivity index (χ2v) is 6.27. The SMILES string of the molecule is COC1(C(=O)N(C)CCCOc2ccc(Cl)cc2)CCNCC1.Cl. The lowest BCUT2D eigenvalue weighted by molar-refractivity contribution is -0.157. The molecule has 1 aliphatic heterocycles. The number of piperidine rings is 1. The molecule has 0 aromatic heterocycles. The molecule has 136 valence electrons. The van der Waals surface area contributed by atoms with Crippen molar-refractivity contribution >= 4 is 29.9 Å². The zero-order valence-electron chi connectivity index (χ0n) is 14.2. The fraction of sp³-hybridized carbons (Fsp3) is 0.588. The molecule has 1 aromatic rings. The summed E-state index contributed by atoms with van der Waals surface area (Å²) in [6.45, 7) is 2.83. The van der Waals surface area contributed by atoms with E-state index in [-0.39, 0.29) is 18.3 Å². The van der Waals surface area contributed by atoms with Crippen LogP contribution in [0.2, 0.25) is 5.02 Å². The second kappa shape index (κ2) is 10.1. The third-order valence-corrected chi connectivity index (χ3v) is 4.51. The Morgan fingerprint density at radius 2 is 1.92 bits per heavy atom. The Bertz CT molecular complexity index is 505. The molecule has 24 heavy (non-hydrogen) atoms. The van der Waals surface area contributed by atoms with Gasteiger partial charge in [-0.1, -0.05) is 11.6 Å². The molecular weight excluding hydrogens is 351 g/mol. The number of hydrogen-bond acceptors (Lipinski definition) is 4. The van der Waals surface area contributed by atoms with Crippen LogP contribution < -0.4 is 10.1 Å². The third-order valence-electron chi connectivity index (χ3n) is 4.26. The molecule has 0 radical (unpaired) electrons. The summed E-state index contributed by atoms with van der Waals surface area (Å²) >= 11 is 5.83. The van der Waals surface area contributed by atoms with Gasteiger partial charge in [0.15, 0.2) is 0 Å². The molecule has 0 unspecified atom stereocenters. The van der Waals surface area contributed by atoms with Gasteiger partial charge in [0.1, 0.15) is 11.4 Å². The van der Waals surface area contributed by atoms with Crippen LogP contribution in [-0.4, -0.2) is 56.8 Å². The Morgan fingerprint density at radius 1 is 1.29 bits per heavy atom. The molecular formula is C17H26Cl2N2O3. The predicted octanol–water partition coefficient (Wildman–Crippen LogP) is 2.76. The summed E-state index contributed by atoms with van der Waals surface area (Å²) in [6.07, 6.45) is 2.20. The van der Waals surface area contributed by atoms with Crippen molar-refractivity contribution in [1.29, 1.82) is 0 Å². The van der Waals surface area contributed by atoms with Crippen LogP contribution in [0, 0.1) is 0 Å². The highest BCUT2D eigenvalue weighted by Crippen LogP contribution is 2.24. The van der Waals surface area contributed by atoms with Crippen LogP contribution >= 0.6 is 24.0 Å². The van der Waals surface area contributed by atoms with Gasteiger partial charge in [0, 0.05) is 25.7 Å². The lowest BCUT2D eigenvalue weighted by Crippen LogP contribution is -2.54. The summed E-state index contributed by atoms with van der Waals surface area (Å²) in [5.74, 6) is 0.850. The van der Waals surface area contributed by atoms with Crippen LogP contribution in [0.3, 0.4) is 0 Å². The van der Waals surface area contributed by atoms with E-state index in [1.165, 1.54) is 0 Å². The number of carbonyl (C=O) groups excluding carboxylic acids is 1. The van der Waals surface area contributed by atoms with Crippen molar-refractivity contribution in [2.45, 2.75) is 24.9 Å². The molecule has 1 aliphatic rings. The Labute approximate surface area is 155 Å². The third kappa shape index (κ3) is 5.52. The van der Waals surface area contributed by atoms with Crippen molar-refractivity contribution in [2.24, 2.45) is 0 Å². The minimum absolute atomic E-state index is 0. The highest BCUT2D eigenvalue weighted by atomic mass is 35.5. The molecule has 1 saturated heterocycles. The van der Waals surface area contributed by atoms with E-state index < -0.39 is 5.60 Å². The van der Waals surface area contributed by atoms with Crippen LogP contribution in [0.4, 0.5) is 0 Å². The molecule has 1 heterocycles. The van der Waals surface area contributed by atoms with E-state index in [0.717, 1.165) is 25.3 Å². The van der Waals surface area contributed by atoms with Crippen LogP contribution in [-0.2, 0) is 9.53 Å². The first-order chi connectivity index (χ1) is 11.1. The van der Waals surface area contributed by atoms with Gasteiger partial charge in [0.2, 0.25) is 0 Å². The first-order valence-corrected chi connectivity index (χ1v) is 8.35. The van der Waals surface area contributed by atoms with Gasteiger partial charge in [-0.2, -0.15) is 0 Å². The van der Waals surface area contributed by atoms with Crippen molar-refractivity contribution in [3.63, 3.8) is 0 Å². The lowest BCUT2D eigenvalue weighted by atomic mass is 9.90. The topological polar surface area (TPSA) is 50.8 Å². The summed E-state index contributed by atoms with van der Waals surface area (Å²) in [4.78, 5) is 14.4. The number of halogens is 2. The quantitative estimate of drug-likeness (QED) is 0.743. The Hall–Kier alpha value is -1.01. The van der Waals surface area contributed by atoms with Crippen molar-refractivity contribution in [1.82, 2.24) is 10.2 Å². The fourth-order valence-corrected chi connectivity index (χ4v) is 2.93. The molecule has 1 fully saturated rings. The number of nitrogens with zero attached hydrogens (tertiary/aromatic N) is 1. The number of amides is 1. The highest BCUT2D eigenvalue weighted by Gasteiger charge is 2.41. The first-order valence-electron chi connectivity index (χ1n) is 7.97. The van der Waals surface area contributed by atoms with Crippen LogP contribution in [0.5, 0.6) is 5.75 Å². The van der Waals surface area contributed by atoms with Crippen LogP contribution in [0.1, 0.15) is 19.3 Å². The normalized spacial score (nSPS) is 16.1. The molecule has 0 aliphatic carbocycles. The number of ether oxygens (including phenoxy) is 2. The van der Waals surface area contributed by atoms with E-state index in [4.69, 9.17) is 21.1 Å². The Balaban J connectivity index is 0.00000288. The average molecular weight is 377 g/mol. The van der Waals surface area contributed by atoms with Gasteiger partial charge < -0.3 is 19.7 Å². The number of likely N-dealkylation sites (N-methyl/N-ethyl adjacent to an activating group) is 1. The van der Waals surface area contributed by atoms with Crippen molar-refractivity contribution in [3.05, 3.63) is 29.3 Å². The lowest BCUT2D eigenvalue weighted by Gasteiger charge is -2.37. The molecule has 1 N–H and O–H groups in total. The number of methoxy groups -OCH3 is 1. The minimum atomic E-state index is -0.670. The molecule has 2 rings (SSSR count). The van der Waals surface area contributed by atoms with E-state index >= 15 is 0 Å². The van der Waals surface area contributed by atoms with Gasteiger partial charge in [-0.25, -0.2) is 0 Å². The molecule has 0 bridgehead atoms. The Kier molecular flexibility index (Phi) is 8.84. The number of hydrogen-bond donors (Lipinski definition) is 1. The second-order valence-electron chi connectivity index (χ2n) is 5.83. The maximum atomic E-state index is 12.7. The summed E-state index contributed by atoms with van der Waals surface area (Å²) in [5, 5.41) is 3.95. The van der Waals surface area contributed by atoms with Crippen molar-refractivity contribution < 1.29 is 14.3 Å². The van der Waals surface area contributed by atoms with Gasteiger partial charge in [0.05, 0.1) is 6.61 Å². The predicted molar refractivity (Wildman–Crippen MR) is 98.3 cm³/mol. The van der Waals surface area contributed by atoms with E-state index in [1.54, 1.807) is 24.1 Å². The molecule has 7 heteroatoms. The Morgan fingerprint density at radius 3 is 2.50 bits per heavy atom. The first kappa shape index (κ1) is 21.0. The van der Waals surface area contributed by atoms with Gasteiger partial charge >= 0.3 is 0 Å². The summed E-state index contributed by atoms with van der Waals surface area (Å²) in [6, 6.07) is 7.27. The van der Waals surface area contributed by atoms with Gasteiger partial charge in [0.25, 0.3) is 5.91 Å². The maximum Gasteiger partial charge on any atom is 0.254 e. The number of rotatable bonds is 7.